The summed E-state index contributed by atoms with van der Waals surface area (Å²) in [5, 5.41) is 2.48. The number of fused-ring (bicyclic) bond motifs is 6. The lowest BCUT2D eigenvalue weighted by Crippen LogP contribution is -2.74. The van der Waals surface area contributed by atoms with Gasteiger partial charge in [0.2, 0.25) is 0 Å². The minimum absolute atomic E-state index is 0.220. The van der Waals surface area contributed by atoms with E-state index in [1.54, 1.807) is 12.1 Å². The van der Waals surface area contributed by atoms with Gasteiger partial charge in [0.05, 0.1) is 42.6 Å². The first-order valence-electron chi connectivity index (χ1n) is 33.0. The number of furan rings is 1. The standard InChI is InChI=1S/C63H42N4OSi/c1-4-19-49(20-5-1)69(50-21-6-2-7-22-50,51-23-8-3-9-24-51)52-38-35-45(36-39-52)62-64-61(44-33-31-43(32-34-44)46-37-40-60-56(42-46)55-27-12-15-30-59(55)68-60)65-63(66-62)47-17-16-18-48(41-47)67-57-28-13-10-25-53(57)54-26-11-14-29-58(54)67/h1-42H/i10D,11D,12D,13D,14D,15D,16D,17D,18D,25D,26D,27D,28D,29D,30D,31D,32D,33D,34D,37D,40D,41D,42D. The quantitative estimate of drug-likeness (QED) is 0.107. The molecule has 10 aromatic carbocycles. The second kappa shape index (κ2) is 16.7. The zero-order chi connectivity index (χ0) is 65.7. The van der Waals surface area contributed by atoms with E-state index < -0.39 is 220 Å². The van der Waals surface area contributed by atoms with Crippen molar-refractivity contribution in [1.82, 2.24) is 19.5 Å². The Kier molecular flexibility index (Phi) is 5.61. The van der Waals surface area contributed by atoms with E-state index in [9.17, 15) is 15.1 Å². The zero-order valence-corrected chi connectivity index (χ0v) is 36.7. The van der Waals surface area contributed by atoms with E-state index in [0.717, 1.165) is 25.3 Å². The van der Waals surface area contributed by atoms with Gasteiger partial charge in [-0.2, -0.15) is 0 Å². The van der Waals surface area contributed by atoms with Crippen molar-refractivity contribution in [3.8, 4) is 51.0 Å². The smallest absolute Gasteiger partial charge is 0.179 e. The van der Waals surface area contributed by atoms with Crippen LogP contribution in [0.25, 0.3) is 94.7 Å². The fourth-order valence-electron chi connectivity index (χ4n) is 8.84. The Morgan fingerprint density at radius 2 is 0.826 bits per heavy atom. The monoisotopic (exact) mass is 921 g/mol. The molecule has 0 aliphatic heterocycles. The summed E-state index contributed by atoms with van der Waals surface area (Å²) < 4.78 is 216. The maximum absolute atomic E-state index is 10.0. The van der Waals surface area contributed by atoms with Crippen LogP contribution in [0.4, 0.5) is 0 Å². The number of para-hydroxylation sites is 3. The van der Waals surface area contributed by atoms with Crippen molar-refractivity contribution in [2.45, 2.75) is 0 Å². The highest BCUT2D eigenvalue weighted by atomic mass is 28.3. The molecule has 0 unspecified atom stereocenters. The van der Waals surface area contributed by atoms with Crippen molar-refractivity contribution >= 4 is 72.6 Å². The summed E-state index contributed by atoms with van der Waals surface area (Å²) in [4.78, 5) is 14.2. The van der Waals surface area contributed by atoms with E-state index in [4.69, 9.17) is 30.8 Å². The van der Waals surface area contributed by atoms with Gasteiger partial charge in [0.25, 0.3) is 0 Å². The van der Waals surface area contributed by atoms with Crippen LogP contribution in [0.3, 0.4) is 0 Å². The Morgan fingerprint density at radius 1 is 0.348 bits per heavy atom. The van der Waals surface area contributed by atoms with Crippen molar-refractivity contribution in [3.63, 3.8) is 0 Å². The molecule has 69 heavy (non-hydrogen) atoms. The Balaban J connectivity index is 1.10. The van der Waals surface area contributed by atoms with Gasteiger partial charge in [-0.1, -0.05) is 212 Å². The fraction of sp³-hybridized carbons (Fsp3) is 0. The molecule has 6 heteroatoms. The molecule has 0 aliphatic carbocycles. The van der Waals surface area contributed by atoms with Gasteiger partial charge in [-0.3, -0.25) is 0 Å². The van der Waals surface area contributed by atoms with Crippen LogP contribution in [0.15, 0.2) is 259 Å². The minimum Gasteiger partial charge on any atom is -0.456 e. The molecule has 3 heterocycles. The summed E-state index contributed by atoms with van der Waals surface area (Å²) in [6, 6.07) is 18.9. The molecular weight excluding hydrogens is 857 g/mol. The lowest BCUT2D eigenvalue weighted by atomic mass is 10.0. The molecule has 0 N–H and O–H groups in total. The number of benzene rings is 10. The van der Waals surface area contributed by atoms with Crippen LogP contribution in [0, 0.1) is 0 Å². The third-order valence-corrected chi connectivity index (χ3v) is 16.7. The van der Waals surface area contributed by atoms with Crippen LogP contribution in [0.5, 0.6) is 0 Å². The number of rotatable bonds is 9. The van der Waals surface area contributed by atoms with Gasteiger partial charge in [-0.05, 0) is 74.2 Å². The SMILES string of the molecule is [2H]c1c([2H])c(-c2nc(-c3ccc([Si](c4ccccc4)(c4ccccc4)c4ccccc4)cc3)nc(-c3c([2H])c([2H])c(-c4c([2H])c([2H])c5oc6c([2H])c([2H])c([2H])c([2H])c6c5c4[2H])c([2H])c3[2H])n2)c([2H])c(-n2c3c([2H])c([2H])c([2H])c([2H])c3c3c([2H])c([2H])c([2H])c([2H])c32)c1[2H]. The predicted molar refractivity (Wildman–Crippen MR) is 287 cm³/mol. The predicted octanol–water partition coefficient (Wildman–Crippen LogP) is 12.9. The van der Waals surface area contributed by atoms with Gasteiger partial charge < -0.3 is 8.98 Å². The van der Waals surface area contributed by atoms with E-state index >= 15 is 0 Å². The van der Waals surface area contributed by atoms with E-state index in [2.05, 4.69) is 41.4 Å². The van der Waals surface area contributed by atoms with Gasteiger partial charge in [0.15, 0.2) is 25.5 Å². The topological polar surface area (TPSA) is 56.7 Å². The van der Waals surface area contributed by atoms with Gasteiger partial charge >= 0.3 is 0 Å². The number of aromatic nitrogens is 4. The average Bonchev–Trinajstić information content (AvgIpc) is 1.50. The van der Waals surface area contributed by atoms with Crippen LogP contribution in [-0.2, 0) is 0 Å². The third-order valence-electron chi connectivity index (χ3n) is 11.9. The maximum atomic E-state index is 10.0. The molecule has 0 fully saturated rings. The molecule has 0 amide bonds. The Hall–Kier alpha value is -8.97. The Morgan fingerprint density at radius 3 is 1.43 bits per heavy atom. The summed E-state index contributed by atoms with van der Waals surface area (Å²) in [5.74, 6) is -1.55. The lowest BCUT2D eigenvalue weighted by molar-refractivity contribution is 0.669. The van der Waals surface area contributed by atoms with E-state index in [1.807, 2.05) is 66.7 Å². The number of hydrogen-bond donors (Lipinski definition) is 0. The second-order valence-electron chi connectivity index (χ2n) is 15.7. The van der Waals surface area contributed by atoms with E-state index in [0.29, 0.717) is 0 Å². The first-order chi connectivity index (χ1) is 43.8. The molecule has 0 bridgehead atoms. The molecule has 0 aliphatic rings. The van der Waals surface area contributed by atoms with Crippen LogP contribution >= 0.6 is 0 Å². The Bertz CT molecular complexity index is 5180. The first kappa shape index (κ1) is 23.2. The van der Waals surface area contributed by atoms with Crippen LogP contribution in [0.1, 0.15) is 31.5 Å². The minimum atomic E-state index is -3.19. The van der Waals surface area contributed by atoms with Gasteiger partial charge in [0.1, 0.15) is 11.2 Å². The molecule has 3 aromatic heterocycles. The molecule has 13 rings (SSSR count). The Labute approximate surface area is 432 Å². The van der Waals surface area contributed by atoms with Crippen molar-refractivity contribution in [2.24, 2.45) is 0 Å². The van der Waals surface area contributed by atoms with Crippen molar-refractivity contribution in [1.29, 1.82) is 0 Å². The maximum Gasteiger partial charge on any atom is 0.179 e. The van der Waals surface area contributed by atoms with Crippen LogP contribution in [0.2, 0.25) is 0 Å². The zero-order valence-electron chi connectivity index (χ0n) is 58.7. The molecule has 0 saturated heterocycles. The summed E-state index contributed by atoms with van der Waals surface area (Å²) in [5.41, 5.74) is -4.97. The summed E-state index contributed by atoms with van der Waals surface area (Å²) in [6.45, 7) is 0. The lowest BCUT2D eigenvalue weighted by Gasteiger charge is -2.34. The highest BCUT2D eigenvalue weighted by Crippen LogP contribution is 2.35. The summed E-state index contributed by atoms with van der Waals surface area (Å²) >= 11 is 0. The van der Waals surface area contributed by atoms with Crippen molar-refractivity contribution in [3.05, 3.63) is 254 Å². The molecule has 5 nitrogen and oxygen atoms in total. The highest BCUT2D eigenvalue weighted by Gasteiger charge is 2.41. The van der Waals surface area contributed by atoms with Crippen molar-refractivity contribution < 1.29 is 35.9 Å². The van der Waals surface area contributed by atoms with Crippen molar-refractivity contribution in [2.75, 3.05) is 0 Å². The summed E-state index contributed by atoms with van der Waals surface area (Å²) in [7, 11) is -3.19. The fourth-order valence-corrected chi connectivity index (χ4v) is 13.6. The van der Waals surface area contributed by atoms with E-state index in [-0.39, 0.29) is 22.2 Å². The number of hydrogen-bond acceptors (Lipinski definition) is 4. The largest absolute Gasteiger partial charge is 0.456 e. The third kappa shape index (κ3) is 6.88. The molecule has 13 aromatic rings. The molecule has 324 valence electrons. The van der Waals surface area contributed by atoms with Gasteiger partial charge in [-0.25, -0.2) is 15.0 Å². The summed E-state index contributed by atoms with van der Waals surface area (Å²) in [6.07, 6.45) is 0. The van der Waals surface area contributed by atoms with Crippen LogP contribution in [-0.4, -0.2) is 27.6 Å². The molecular formula is C63H42N4OSi. The molecule has 0 spiro atoms. The number of nitrogens with zero attached hydrogens (tertiary/aromatic N) is 4. The van der Waals surface area contributed by atoms with Crippen LogP contribution < -0.4 is 20.7 Å². The highest BCUT2D eigenvalue weighted by molar-refractivity contribution is 7.19. The molecule has 0 atom stereocenters. The van der Waals surface area contributed by atoms with Gasteiger partial charge in [0, 0.05) is 43.9 Å². The molecule has 0 saturated carbocycles. The van der Waals surface area contributed by atoms with E-state index in [1.165, 1.54) is 0 Å². The molecule has 0 radical (unpaired) electrons. The normalized spacial score (nSPS) is 16.4. The second-order valence-corrected chi connectivity index (χ2v) is 19.6. The van der Waals surface area contributed by atoms with Gasteiger partial charge in [-0.15, -0.1) is 0 Å². The average molecular weight is 922 g/mol. The first-order valence-corrected chi connectivity index (χ1v) is 23.5.